The number of rotatable bonds is 10. The summed E-state index contributed by atoms with van der Waals surface area (Å²) in [7, 11) is 0. The van der Waals surface area contributed by atoms with Crippen molar-refractivity contribution in [3.8, 4) is 11.5 Å². The summed E-state index contributed by atoms with van der Waals surface area (Å²) in [6.45, 7) is 6.40. The van der Waals surface area contributed by atoms with Crippen molar-refractivity contribution >= 4 is 5.91 Å². The lowest BCUT2D eigenvalue weighted by molar-refractivity contribution is 0.0952. The van der Waals surface area contributed by atoms with Gasteiger partial charge in [0.15, 0.2) is 0 Å². The average Bonchev–Trinajstić information content (AvgIpc) is 3.15. The number of aromatic nitrogens is 2. The van der Waals surface area contributed by atoms with Crippen LogP contribution in [0.4, 0.5) is 0 Å². The maximum Gasteiger partial charge on any atom is 0.251 e. The largest absolute Gasteiger partial charge is 0.494 e. The van der Waals surface area contributed by atoms with Gasteiger partial charge in [0.2, 0.25) is 0 Å². The molecule has 0 unspecified atom stereocenters. The number of benzene rings is 2. The normalized spacial score (nSPS) is 10.6. The predicted octanol–water partition coefficient (Wildman–Crippen LogP) is 3.99. The van der Waals surface area contributed by atoms with E-state index in [0.29, 0.717) is 25.3 Å². The number of carbonyl (C=O) groups is 1. The molecule has 0 spiro atoms. The van der Waals surface area contributed by atoms with Crippen molar-refractivity contribution in [3.05, 3.63) is 77.6 Å². The van der Waals surface area contributed by atoms with Crippen molar-refractivity contribution in [1.29, 1.82) is 0 Å². The monoisotopic (exact) mass is 393 g/mol. The number of aryl methyl sites for hydroxylation is 2. The van der Waals surface area contributed by atoms with Crippen LogP contribution in [0.25, 0.3) is 0 Å². The molecule has 0 fully saturated rings. The van der Waals surface area contributed by atoms with E-state index >= 15 is 0 Å². The first-order chi connectivity index (χ1) is 14.2. The van der Waals surface area contributed by atoms with Gasteiger partial charge in [-0.15, -0.1) is 0 Å². The number of nitrogens with zero attached hydrogens (tertiary/aromatic N) is 2. The Kier molecular flexibility index (Phi) is 7.28. The van der Waals surface area contributed by atoms with Gasteiger partial charge in [-0.1, -0.05) is 12.1 Å². The lowest BCUT2D eigenvalue weighted by Crippen LogP contribution is -2.25. The summed E-state index contributed by atoms with van der Waals surface area (Å²) in [6.07, 6.45) is 2.61. The Morgan fingerprint density at radius 2 is 1.83 bits per heavy atom. The van der Waals surface area contributed by atoms with Crippen molar-refractivity contribution in [2.24, 2.45) is 0 Å². The minimum absolute atomic E-state index is 0.0786. The molecule has 0 aliphatic carbocycles. The van der Waals surface area contributed by atoms with Gasteiger partial charge in [0, 0.05) is 30.5 Å². The van der Waals surface area contributed by atoms with Crippen LogP contribution in [0.2, 0.25) is 0 Å². The first kappa shape index (κ1) is 20.5. The van der Waals surface area contributed by atoms with E-state index < -0.39 is 0 Å². The van der Waals surface area contributed by atoms with Crippen LogP contribution in [0.3, 0.4) is 0 Å². The molecule has 1 N–H and O–H groups in total. The second-order valence-electron chi connectivity index (χ2n) is 6.70. The maximum atomic E-state index is 12.4. The molecule has 6 nitrogen and oxygen atoms in total. The van der Waals surface area contributed by atoms with Crippen LogP contribution < -0.4 is 14.8 Å². The molecule has 6 heteroatoms. The van der Waals surface area contributed by atoms with Gasteiger partial charge in [-0.05, 0) is 68.3 Å². The van der Waals surface area contributed by atoms with Crippen molar-refractivity contribution in [2.75, 3.05) is 13.2 Å². The van der Waals surface area contributed by atoms with E-state index in [1.165, 1.54) is 0 Å². The second kappa shape index (κ2) is 10.3. The molecule has 0 aliphatic heterocycles. The van der Waals surface area contributed by atoms with E-state index in [9.17, 15) is 4.79 Å². The molecule has 0 atom stereocenters. The van der Waals surface area contributed by atoms with Crippen molar-refractivity contribution in [2.45, 2.75) is 33.4 Å². The number of nitrogens with one attached hydrogen (secondary N) is 1. The van der Waals surface area contributed by atoms with Gasteiger partial charge >= 0.3 is 0 Å². The van der Waals surface area contributed by atoms with Gasteiger partial charge in [0.25, 0.3) is 5.91 Å². The topological polar surface area (TPSA) is 65.4 Å². The molecular formula is C23H27N3O3. The Morgan fingerprint density at radius 3 is 2.52 bits per heavy atom. The van der Waals surface area contributed by atoms with Crippen molar-refractivity contribution in [1.82, 2.24) is 15.1 Å². The van der Waals surface area contributed by atoms with Crippen LogP contribution in [-0.4, -0.2) is 28.8 Å². The summed E-state index contributed by atoms with van der Waals surface area (Å²) in [5.74, 6) is 1.50. The fourth-order valence-corrected chi connectivity index (χ4v) is 2.93. The van der Waals surface area contributed by atoms with E-state index in [1.807, 2.05) is 73.1 Å². The lowest BCUT2D eigenvalue weighted by Gasteiger charge is -2.10. The highest BCUT2D eigenvalue weighted by molar-refractivity contribution is 5.94. The third-order valence-corrected chi connectivity index (χ3v) is 4.49. The van der Waals surface area contributed by atoms with Gasteiger partial charge in [0.1, 0.15) is 18.1 Å². The first-order valence-corrected chi connectivity index (χ1v) is 9.87. The summed E-state index contributed by atoms with van der Waals surface area (Å²) in [5.41, 5.74) is 2.70. The lowest BCUT2D eigenvalue weighted by atomic mass is 10.1. The molecule has 3 rings (SSSR count). The van der Waals surface area contributed by atoms with Gasteiger partial charge in [-0.25, -0.2) is 0 Å². The summed E-state index contributed by atoms with van der Waals surface area (Å²) < 4.78 is 13.2. The fourth-order valence-electron chi connectivity index (χ4n) is 2.93. The minimum atomic E-state index is -0.0786. The number of hydrogen-bond acceptors (Lipinski definition) is 4. The van der Waals surface area contributed by atoms with E-state index in [2.05, 4.69) is 10.4 Å². The van der Waals surface area contributed by atoms with Gasteiger partial charge in [-0.3, -0.25) is 9.48 Å². The molecule has 29 heavy (non-hydrogen) atoms. The van der Waals surface area contributed by atoms with Crippen molar-refractivity contribution in [3.63, 3.8) is 0 Å². The Bertz CT molecular complexity index is 919. The maximum absolute atomic E-state index is 12.4. The zero-order valence-electron chi connectivity index (χ0n) is 16.9. The number of hydrogen-bond donors (Lipinski definition) is 1. The second-order valence-corrected chi connectivity index (χ2v) is 6.70. The molecular weight excluding hydrogens is 366 g/mol. The van der Waals surface area contributed by atoms with Crippen LogP contribution in [-0.2, 0) is 13.2 Å². The highest BCUT2D eigenvalue weighted by atomic mass is 16.5. The molecule has 3 aromatic rings. The molecule has 0 radical (unpaired) electrons. The average molecular weight is 393 g/mol. The smallest absolute Gasteiger partial charge is 0.251 e. The van der Waals surface area contributed by atoms with Crippen LogP contribution in [0.5, 0.6) is 11.5 Å². The number of ether oxygens (including phenoxy) is 2. The summed E-state index contributed by atoms with van der Waals surface area (Å²) >= 11 is 0. The summed E-state index contributed by atoms with van der Waals surface area (Å²) in [5, 5.41) is 7.21. The first-order valence-electron chi connectivity index (χ1n) is 9.87. The molecule has 0 saturated heterocycles. The third kappa shape index (κ3) is 6.10. The van der Waals surface area contributed by atoms with Crippen LogP contribution in [0.1, 0.15) is 35.0 Å². The zero-order valence-corrected chi connectivity index (χ0v) is 16.9. The molecule has 0 saturated carbocycles. The van der Waals surface area contributed by atoms with Crippen LogP contribution in [0.15, 0.2) is 60.8 Å². The van der Waals surface area contributed by atoms with Crippen LogP contribution in [0, 0.1) is 6.92 Å². The summed E-state index contributed by atoms with van der Waals surface area (Å²) in [6, 6.07) is 17.0. The highest BCUT2D eigenvalue weighted by Gasteiger charge is 2.07. The summed E-state index contributed by atoms with van der Waals surface area (Å²) in [4.78, 5) is 12.4. The highest BCUT2D eigenvalue weighted by Crippen LogP contribution is 2.19. The Morgan fingerprint density at radius 1 is 1.07 bits per heavy atom. The predicted molar refractivity (Wildman–Crippen MR) is 112 cm³/mol. The van der Waals surface area contributed by atoms with Gasteiger partial charge in [0.05, 0.1) is 6.61 Å². The third-order valence-electron chi connectivity index (χ3n) is 4.49. The van der Waals surface area contributed by atoms with Gasteiger partial charge in [-0.2, -0.15) is 5.10 Å². The Balaban J connectivity index is 1.46. The van der Waals surface area contributed by atoms with Crippen LogP contribution >= 0.6 is 0 Å². The molecule has 0 aliphatic rings. The molecule has 1 aromatic heterocycles. The molecule has 1 heterocycles. The SMILES string of the molecule is CCOc1ccc(OCc2cccc(C(=O)NCCCn3nccc3C)c2)cc1. The molecule has 152 valence electrons. The Hall–Kier alpha value is -3.28. The van der Waals surface area contributed by atoms with E-state index in [4.69, 9.17) is 9.47 Å². The molecule has 2 aromatic carbocycles. The quantitative estimate of drug-likeness (QED) is 0.529. The molecule has 0 bridgehead atoms. The van der Waals surface area contributed by atoms with Gasteiger partial charge < -0.3 is 14.8 Å². The minimum Gasteiger partial charge on any atom is -0.494 e. The zero-order chi connectivity index (χ0) is 20.5. The van der Waals surface area contributed by atoms with Crippen molar-refractivity contribution < 1.29 is 14.3 Å². The Labute approximate surface area is 171 Å². The molecule has 1 amide bonds. The van der Waals surface area contributed by atoms with E-state index in [1.54, 1.807) is 6.20 Å². The standard InChI is InChI=1S/C23H27N3O3/c1-3-28-21-8-10-22(11-9-21)29-17-19-6-4-7-20(16-19)23(27)24-13-5-15-26-18(2)12-14-25-26/h4,6-12,14,16H,3,5,13,15,17H2,1-2H3,(H,24,27). The van der Waals surface area contributed by atoms with E-state index in [-0.39, 0.29) is 5.91 Å². The number of carbonyl (C=O) groups excluding carboxylic acids is 1. The van der Waals surface area contributed by atoms with E-state index in [0.717, 1.165) is 35.7 Å². The number of amides is 1. The fraction of sp³-hybridized carbons (Fsp3) is 0.304.